The van der Waals surface area contributed by atoms with Crippen LogP contribution in [0.25, 0.3) is 5.69 Å². The highest BCUT2D eigenvalue weighted by Gasteiger charge is 2.49. The minimum atomic E-state index is -6.00. The summed E-state index contributed by atoms with van der Waals surface area (Å²) >= 11 is 0. The molecule has 200 valence electrons. The van der Waals surface area contributed by atoms with Crippen LogP contribution < -0.4 is 4.57 Å². The van der Waals surface area contributed by atoms with E-state index < -0.39 is 53.7 Å². The molecule has 0 aliphatic carbocycles. The van der Waals surface area contributed by atoms with Crippen molar-refractivity contribution >= 4 is 7.25 Å². The monoisotopic (exact) mass is 545 g/mol. The summed E-state index contributed by atoms with van der Waals surface area (Å²) in [7, 11) is -6.00. The highest BCUT2D eigenvalue weighted by molar-refractivity contribution is 6.50. The Morgan fingerprint density at radius 2 is 1.18 bits per heavy atom. The van der Waals surface area contributed by atoms with Crippen molar-refractivity contribution in [3.63, 3.8) is 0 Å². The molecular formula is C24H17BF9N3O. The van der Waals surface area contributed by atoms with Crippen molar-refractivity contribution in [2.24, 2.45) is 0 Å². The number of hydrogen-bond acceptors (Lipinski definition) is 2. The second-order valence-corrected chi connectivity index (χ2v) is 8.35. The number of aromatic nitrogens is 3. The molecule has 1 aromatic heterocycles. The normalized spacial score (nSPS) is 15.2. The highest BCUT2D eigenvalue weighted by Crippen LogP contribution is 2.41. The molecule has 0 amide bonds. The molecule has 0 spiro atoms. The Labute approximate surface area is 209 Å². The van der Waals surface area contributed by atoms with E-state index in [4.69, 9.17) is 0 Å². The van der Waals surface area contributed by atoms with Crippen molar-refractivity contribution in [1.29, 1.82) is 0 Å². The van der Waals surface area contributed by atoms with Crippen LogP contribution in [-0.4, -0.2) is 22.1 Å². The number of hydrogen-bond donors (Lipinski definition) is 1. The van der Waals surface area contributed by atoms with Gasteiger partial charge in [-0.1, -0.05) is 65.3 Å². The third-order valence-electron chi connectivity index (χ3n) is 6.06. The standard InChI is InChI=1S/C24H17F5N3O.BF4/c25-18-19(26)21(28)23(22(29)20(18)27)32-13-31-16(11-12-17(31)30-32)24(33,14-7-3-1-4-8-14)15-9-5-2-6-10-15;2-1(3,4)5/h1-10,13,16,33H,11-12H2;/q+1;-1/t16-;/m0./s1. The molecule has 3 aromatic carbocycles. The van der Waals surface area contributed by atoms with Crippen LogP contribution in [0.3, 0.4) is 0 Å². The van der Waals surface area contributed by atoms with Gasteiger partial charge in [-0.3, -0.25) is 0 Å². The van der Waals surface area contributed by atoms with E-state index in [2.05, 4.69) is 5.10 Å². The van der Waals surface area contributed by atoms with Crippen molar-refractivity contribution in [2.75, 3.05) is 0 Å². The average molecular weight is 545 g/mol. The quantitative estimate of drug-likeness (QED) is 0.120. The summed E-state index contributed by atoms with van der Waals surface area (Å²) in [5, 5.41) is 16.1. The number of benzene rings is 3. The lowest BCUT2D eigenvalue weighted by molar-refractivity contribution is -0.731. The fourth-order valence-corrected chi connectivity index (χ4v) is 4.48. The van der Waals surface area contributed by atoms with E-state index in [1.165, 1.54) is 4.57 Å². The van der Waals surface area contributed by atoms with Gasteiger partial charge in [-0.2, -0.15) is 8.78 Å². The van der Waals surface area contributed by atoms with Gasteiger partial charge in [-0.25, -0.2) is 17.7 Å². The van der Waals surface area contributed by atoms with Crippen molar-refractivity contribution in [2.45, 2.75) is 24.5 Å². The van der Waals surface area contributed by atoms with Crippen molar-refractivity contribution < 1.29 is 48.9 Å². The molecule has 5 rings (SSSR count). The number of rotatable bonds is 4. The average Bonchev–Trinajstić information content (AvgIpc) is 3.47. The lowest BCUT2D eigenvalue weighted by atomic mass is 9.79. The topological polar surface area (TPSA) is 41.9 Å². The molecule has 1 N–H and O–H groups in total. The molecule has 14 heteroatoms. The first-order chi connectivity index (χ1) is 17.8. The van der Waals surface area contributed by atoms with E-state index in [0.29, 0.717) is 34.5 Å². The van der Waals surface area contributed by atoms with Crippen LogP contribution in [-0.2, 0) is 12.0 Å². The van der Waals surface area contributed by atoms with Crippen LogP contribution >= 0.6 is 0 Å². The highest BCUT2D eigenvalue weighted by atomic mass is 19.5. The summed E-state index contributed by atoms with van der Waals surface area (Å²) in [6, 6.07) is 17.1. The van der Waals surface area contributed by atoms with Crippen LogP contribution in [0.4, 0.5) is 39.2 Å². The molecule has 0 fully saturated rings. The van der Waals surface area contributed by atoms with Gasteiger partial charge in [-0.15, -0.1) is 0 Å². The Morgan fingerprint density at radius 1 is 0.763 bits per heavy atom. The number of aliphatic hydroxyl groups is 1. The number of aryl methyl sites for hydroxylation is 1. The molecule has 0 saturated heterocycles. The fraction of sp³-hybridized carbons (Fsp3) is 0.167. The molecule has 0 saturated carbocycles. The maximum atomic E-state index is 14.4. The van der Waals surface area contributed by atoms with E-state index in [-0.39, 0.29) is 0 Å². The summed E-state index contributed by atoms with van der Waals surface area (Å²) in [5.74, 6) is -9.95. The van der Waals surface area contributed by atoms with E-state index in [1.54, 1.807) is 48.5 Å². The first kappa shape index (κ1) is 27.2. The Kier molecular flexibility index (Phi) is 7.28. The molecule has 0 unspecified atom stereocenters. The summed E-state index contributed by atoms with van der Waals surface area (Å²) in [4.78, 5) is 0. The summed E-state index contributed by atoms with van der Waals surface area (Å²) in [6.07, 6.45) is 1.93. The van der Waals surface area contributed by atoms with Gasteiger partial charge in [0.05, 0.1) is 0 Å². The molecule has 1 aliphatic rings. The SMILES string of the molecule is F[B-](F)(F)F.OC(c1ccccc1)(c1ccccc1)[C@@H]1CCc2nn(-c3c(F)c(F)c(F)c(F)c3F)c[n+]21. The van der Waals surface area contributed by atoms with Crippen LogP contribution in [0.15, 0.2) is 67.0 Å². The number of fused-ring (bicyclic) bond motifs is 1. The van der Waals surface area contributed by atoms with Gasteiger partial charge in [0.15, 0.2) is 0 Å². The van der Waals surface area contributed by atoms with Crippen molar-refractivity contribution in [3.8, 4) is 5.69 Å². The zero-order chi connectivity index (χ0) is 27.8. The molecule has 2 heterocycles. The number of nitrogens with zero attached hydrogens (tertiary/aromatic N) is 3. The fourth-order valence-electron chi connectivity index (χ4n) is 4.48. The van der Waals surface area contributed by atoms with E-state index in [9.17, 15) is 44.3 Å². The molecule has 4 nitrogen and oxygen atoms in total. The predicted molar refractivity (Wildman–Crippen MR) is 117 cm³/mol. The van der Waals surface area contributed by atoms with Gasteiger partial charge in [0, 0.05) is 11.5 Å². The van der Waals surface area contributed by atoms with E-state index >= 15 is 0 Å². The molecule has 0 bridgehead atoms. The lowest BCUT2D eigenvalue weighted by Gasteiger charge is -2.34. The van der Waals surface area contributed by atoms with Crippen LogP contribution in [0.5, 0.6) is 0 Å². The Hall–Kier alpha value is -3.81. The molecule has 4 aromatic rings. The Morgan fingerprint density at radius 3 is 1.63 bits per heavy atom. The van der Waals surface area contributed by atoms with Crippen molar-refractivity contribution in [3.05, 3.63) is 113 Å². The van der Waals surface area contributed by atoms with Crippen LogP contribution in [0, 0.1) is 29.1 Å². The van der Waals surface area contributed by atoms with E-state index in [1.807, 2.05) is 12.1 Å². The Bertz CT molecular complexity index is 1370. The Balaban J connectivity index is 0.000000617. The maximum Gasteiger partial charge on any atom is 0.673 e. The van der Waals surface area contributed by atoms with Crippen molar-refractivity contribution in [1.82, 2.24) is 9.78 Å². The second kappa shape index (κ2) is 10.2. The van der Waals surface area contributed by atoms with E-state index in [0.717, 1.165) is 6.33 Å². The zero-order valence-corrected chi connectivity index (χ0v) is 19.1. The largest absolute Gasteiger partial charge is 0.673 e. The zero-order valence-electron chi connectivity index (χ0n) is 19.1. The van der Waals surface area contributed by atoms with Gasteiger partial charge >= 0.3 is 7.25 Å². The maximum absolute atomic E-state index is 14.4. The first-order valence-corrected chi connectivity index (χ1v) is 11.1. The minimum absolute atomic E-state index is 0.328. The van der Waals surface area contributed by atoms with Gasteiger partial charge in [-0.05, 0) is 17.5 Å². The van der Waals surface area contributed by atoms with Gasteiger partial charge in [0.1, 0.15) is 11.6 Å². The summed E-state index contributed by atoms with van der Waals surface area (Å²) in [6.45, 7) is 0. The van der Waals surface area contributed by atoms with Crippen LogP contribution in [0.1, 0.15) is 29.4 Å². The summed E-state index contributed by atoms with van der Waals surface area (Å²) in [5.41, 5.74) is -1.53. The molecule has 1 atom stereocenters. The first-order valence-electron chi connectivity index (χ1n) is 11.1. The molecule has 0 radical (unpaired) electrons. The third-order valence-corrected chi connectivity index (χ3v) is 6.06. The summed E-state index contributed by atoms with van der Waals surface area (Å²) < 4.78 is 111. The predicted octanol–water partition coefficient (Wildman–Crippen LogP) is 5.58. The number of halogens is 9. The molecular weight excluding hydrogens is 528 g/mol. The third kappa shape index (κ3) is 5.00. The van der Waals surface area contributed by atoms with Crippen LogP contribution in [0.2, 0.25) is 0 Å². The van der Waals surface area contributed by atoms with Gasteiger partial charge < -0.3 is 22.4 Å². The molecule has 38 heavy (non-hydrogen) atoms. The smallest absolute Gasteiger partial charge is 0.418 e. The minimum Gasteiger partial charge on any atom is -0.418 e. The molecule has 1 aliphatic heterocycles. The van der Waals surface area contributed by atoms with Gasteiger partial charge in [0.25, 0.3) is 5.82 Å². The van der Waals surface area contributed by atoms with Gasteiger partial charge in [0.2, 0.25) is 41.1 Å². The second-order valence-electron chi connectivity index (χ2n) is 8.35. The lowest BCUT2D eigenvalue weighted by Crippen LogP contribution is -2.50.